The molecule has 0 unspecified atom stereocenters. The van der Waals surface area contributed by atoms with E-state index < -0.39 is 0 Å². The van der Waals surface area contributed by atoms with E-state index in [1.54, 1.807) is 6.07 Å². The average molecular weight is 277 g/mol. The molecule has 0 aromatic carbocycles. The van der Waals surface area contributed by atoms with E-state index in [1.807, 2.05) is 44.7 Å². The molecule has 0 saturated carbocycles. The number of carbonyl (C=O) groups excluding carboxylic acids is 1. The minimum atomic E-state index is -0.293. The molecule has 0 radical (unpaired) electrons. The first-order chi connectivity index (χ1) is 9.40. The largest absolute Gasteiger partial charge is 0.377 e. The van der Waals surface area contributed by atoms with Crippen LogP contribution in [0.3, 0.4) is 0 Å². The van der Waals surface area contributed by atoms with Crippen LogP contribution >= 0.6 is 0 Å². The number of rotatable bonds is 3. The number of amides is 1. The molecule has 2 rings (SSSR count). The van der Waals surface area contributed by atoms with Crippen molar-refractivity contribution in [3.8, 4) is 0 Å². The third kappa shape index (κ3) is 3.28. The maximum atomic E-state index is 12.6. The summed E-state index contributed by atoms with van der Waals surface area (Å²) in [6.45, 7) is 9.86. The molecular weight excluding hydrogens is 254 g/mol. The highest BCUT2D eigenvalue weighted by molar-refractivity contribution is 5.93. The summed E-state index contributed by atoms with van der Waals surface area (Å²) in [6.07, 6.45) is 0. The first kappa shape index (κ1) is 14.8. The Morgan fingerprint density at radius 3 is 2.85 bits per heavy atom. The van der Waals surface area contributed by atoms with Crippen molar-refractivity contribution in [3.05, 3.63) is 23.9 Å². The summed E-state index contributed by atoms with van der Waals surface area (Å²) >= 11 is 0. The van der Waals surface area contributed by atoms with Crippen molar-refractivity contribution in [2.24, 2.45) is 0 Å². The van der Waals surface area contributed by atoms with Crippen molar-refractivity contribution in [1.29, 1.82) is 0 Å². The van der Waals surface area contributed by atoms with Gasteiger partial charge in [-0.1, -0.05) is 6.07 Å². The van der Waals surface area contributed by atoms with Gasteiger partial charge in [-0.25, -0.2) is 4.98 Å². The normalized spacial score (nSPS) is 18.1. The smallest absolute Gasteiger partial charge is 0.273 e. The number of nitrogens with one attached hydrogen (secondary N) is 1. The van der Waals surface area contributed by atoms with Gasteiger partial charge in [-0.2, -0.15) is 0 Å². The van der Waals surface area contributed by atoms with Crippen LogP contribution in [0.1, 0.15) is 38.2 Å². The number of ether oxygens (including phenoxy) is 1. The van der Waals surface area contributed by atoms with Gasteiger partial charge in [0.25, 0.3) is 5.91 Å². The number of nitrogens with zero attached hydrogens (tertiary/aromatic N) is 2. The van der Waals surface area contributed by atoms with E-state index in [1.165, 1.54) is 0 Å². The van der Waals surface area contributed by atoms with Gasteiger partial charge < -0.3 is 15.0 Å². The van der Waals surface area contributed by atoms with E-state index in [0.717, 1.165) is 5.82 Å². The zero-order valence-corrected chi connectivity index (χ0v) is 12.6. The molecule has 1 aliphatic heterocycles. The maximum Gasteiger partial charge on any atom is 0.273 e. The summed E-state index contributed by atoms with van der Waals surface area (Å²) in [7, 11) is 0. The van der Waals surface area contributed by atoms with Crippen molar-refractivity contribution in [2.45, 2.75) is 39.3 Å². The van der Waals surface area contributed by atoms with Gasteiger partial charge in [-0.3, -0.25) is 4.79 Å². The highest BCUT2D eigenvalue weighted by atomic mass is 16.5. The molecule has 1 N–H and O–H groups in total. The monoisotopic (exact) mass is 277 g/mol. The van der Waals surface area contributed by atoms with Gasteiger partial charge in [0.1, 0.15) is 11.5 Å². The SMILES string of the molecule is CC(C)Nc1cccc(C(=O)N2CCOCC2(C)C)n1. The Kier molecular flexibility index (Phi) is 4.28. The summed E-state index contributed by atoms with van der Waals surface area (Å²) < 4.78 is 5.45. The Morgan fingerprint density at radius 2 is 2.20 bits per heavy atom. The zero-order chi connectivity index (χ0) is 14.8. The Bertz CT molecular complexity index is 486. The Labute approximate surface area is 120 Å². The van der Waals surface area contributed by atoms with Gasteiger partial charge >= 0.3 is 0 Å². The molecule has 20 heavy (non-hydrogen) atoms. The molecule has 2 heterocycles. The second-order valence-corrected chi connectivity index (χ2v) is 6.03. The molecule has 0 spiro atoms. The lowest BCUT2D eigenvalue weighted by molar-refractivity contribution is -0.0373. The topological polar surface area (TPSA) is 54.5 Å². The molecule has 110 valence electrons. The summed E-state index contributed by atoms with van der Waals surface area (Å²) in [5.74, 6) is 0.697. The predicted molar refractivity (Wildman–Crippen MR) is 78.9 cm³/mol. The summed E-state index contributed by atoms with van der Waals surface area (Å²) in [5.41, 5.74) is 0.184. The summed E-state index contributed by atoms with van der Waals surface area (Å²) in [4.78, 5) is 18.9. The lowest BCUT2D eigenvalue weighted by Crippen LogP contribution is -2.55. The number of hydrogen-bond acceptors (Lipinski definition) is 4. The third-order valence-corrected chi connectivity index (χ3v) is 3.30. The summed E-state index contributed by atoms with van der Waals surface area (Å²) in [6, 6.07) is 5.78. The molecule has 1 saturated heterocycles. The molecule has 5 nitrogen and oxygen atoms in total. The number of hydrogen-bond donors (Lipinski definition) is 1. The highest BCUT2D eigenvalue weighted by Crippen LogP contribution is 2.21. The maximum absolute atomic E-state index is 12.6. The van der Waals surface area contributed by atoms with E-state index in [-0.39, 0.29) is 17.5 Å². The van der Waals surface area contributed by atoms with Crippen LogP contribution < -0.4 is 5.32 Å². The van der Waals surface area contributed by atoms with Crippen molar-refractivity contribution in [2.75, 3.05) is 25.1 Å². The fraction of sp³-hybridized carbons (Fsp3) is 0.600. The molecule has 1 aliphatic rings. The van der Waals surface area contributed by atoms with Crippen molar-refractivity contribution in [1.82, 2.24) is 9.88 Å². The van der Waals surface area contributed by atoms with Gasteiger partial charge in [-0.15, -0.1) is 0 Å². The van der Waals surface area contributed by atoms with Crippen LogP contribution in [-0.2, 0) is 4.74 Å². The van der Waals surface area contributed by atoms with Crippen LogP contribution in [0.5, 0.6) is 0 Å². The molecule has 5 heteroatoms. The van der Waals surface area contributed by atoms with Crippen LogP contribution in [0.4, 0.5) is 5.82 Å². The lowest BCUT2D eigenvalue weighted by Gasteiger charge is -2.41. The number of aromatic nitrogens is 1. The standard InChI is InChI=1S/C15H23N3O2/c1-11(2)16-13-7-5-6-12(17-13)14(19)18-8-9-20-10-15(18,3)4/h5-7,11H,8-10H2,1-4H3,(H,16,17). The minimum Gasteiger partial charge on any atom is -0.377 e. The Hall–Kier alpha value is -1.62. The quantitative estimate of drug-likeness (QED) is 0.920. The molecule has 1 aromatic rings. The zero-order valence-electron chi connectivity index (χ0n) is 12.6. The predicted octanol–water partition coefficient (Wildman–Crippen LogP) is 2.15. The van der Waals surface area contributed by atoms with E-state index in [2.05, 4.69) is 10.3 Å². The molecule has 0 atom stereocenters. The van der Waals surface area contributed by atoms with E-state index in [4.69, 9.17) is 4.74 Å². The van der Waals surface area contributed by atoms with Gasteiger partial charge in [0, 0.05) is 12.6 Å². The van der Waals surface area contributed by atoms with E-state index in [9.17, 15) is 4.79 Å². The van der Waals surface area contributed by atoms with Crippen molar-refractivity contribution < 1.29 is 9.53 Å². The minimum absolute atomic E-state index is 0.0364. The first-order valence-corrected chi connectivity index (χ1v) is 7.03. The van der Waals surface area contributed by atoms with E-state index in [0.29, 0.717) is 25.5 Å². The number of carbonyl (C=O) groups is 1. The number of anilines is 1. The third-order valence-electron chi connectivity index (χ3n) is 3.30. The fourth-order valence-corrected chi connectivity index (χ4v) is 2.30. The van der Waals surface area contributed by atoms with Crippen LogP contribution in [0, 0.1) is 0 Å². The van der Waals surface area contributed by atoms with Crippen molar-refractivity contribution >= 4 is 11.7 Å². The van der Waals surface area contributed by atoms with Crippen molar-refractivity contribution in [3.63, 3.8) is 0 Å². The second kappa shape index (κ2) is 5.79. The fourth-order valence-electron chi connectivity index (χ4n) is 2.30. The van der Waals surface area contributed by atoms with Gasteiger partial charge in [0.2, 0.25) is 0 Å². The lowest BCUT2D eigenvalue weighted by atomic mass is 10.0. The average Bonchev–Trinajstić information content (AvgIpc) is 2.37. The molecular formula is C15H23N3O2. The van der Waals surface area contributed by atoms with E-state index >= 15 is 0 Å². The molecule has 0 bridgehead atoms. The molecule has 0 aliphatic carbocycles. The Balaban J connectivity index is 2.20. The number of pyridine rings is 1. The van der Waals surface area contributed by atoms with Crippen LogP contribution in [-0.4, -0.2) is 47.1 Å². The Morgan fingerprint density at radius 1 is 1.45 bits per heavy atom. The molecule has 1 aromatic heterocycles. The molecule has 1 fully saturated rings. The van der Waals surface area contributed by atoms with Crippen LogP contribution in [0.15, 0.2) is 18.2 Å². The second-order valence-electron chi connectivity index (χ2n) is 6.03. The summed E-state index contributed by atoms with van der Waals surface area (Å²) in [5, 5.41) is 3.22. The van der Waals surface area contributed by atoms with Crippen LogP contribution in [0.25, 0.3) is 0 Å². The van der Waals surface area contributed by atoms with Gasteiger partial charge in [0.15, 0.2) is 0 Å². The van der Waals surface area contributed by atoms with Crippen LogP contribution in [0.2, 0.25) is 0 Å². The first-order valence-electron chi connectivity index (χ1n) is 7.03. The highest BCUT2D eigenvalue weighted by Gasteiger charge is 2.35. The number of morpholine rings is 1. The van der Waals surface area contributed by atoms with Gasteiger partial charge in [-0.05, 0) is 39.8 Å². The van der Waals surface area contributed by atoms with Gasteiger partial charge in [0.05, 0.1) is 18.8 Å². The molecule has 1 amide bonds.